The Balaban J connectivity index is 1.46. The molecule has 0 spiro atoms. The average molecular weight is 1270 g/mol. The lowest BCUT2D eigenvalue weighted by molar-refractivity contribution is -0.379. The minimum Gasteiger partial charge on any atom is -0.394 e. The molecule has 0 bridgehead atoms. The predicted molar refractivity (Wildman–Crippen MR) is 346 cm³/mol. The van der Waals surface area contributed by atoms with Crippen molar-refractivity contribution in [3.05, 3.63) is 48.6 Å². The Bertz CT molecular complexity index is 1800. The summed E-state index contributed by atoms with van der Waals surface area (Å²) in [6.07, 6.45) is 35.2. The molecule has 0 aromatic carbocycles. The number of amides is 1. The van der Waals surface area contributed by atoms with E-state index in [4.69, 9.17) is 28.4 Å². The van der Waals surface area contributed by atoms with Crippen LogP contribution in [-0.4, -0.2) is 193 Å². The lowest BCUT2D eigenvalue weighted by Gasteiger charge is -2.48. The van der Waals surface area contributed by atoms with E-state index < -0.39 is 124 Å². The maximum absolute atomic E-state index is 13.4. The van der Waals surface area contributed by atoms with Gasteiger partial charge in [-0.3, -0.25) is 4.79 Å². The first-order valence-corrected chi connectivity index (χ1v) is 35.4. The van der Waals surface area contributed by atoms with Gasteiger partial charge in [0.1, 0.15) is 73.2 Å². The molecule has 3 heterocycles. The molecule has 3 rings (SSSR count). The normalized spacial score (nSPS) is 28.5. The number of carbonyl (C=O) groups is 1. The number of allylic oxidation sites excluding steroid dienone is 7. The molecule has 0 aliphatic carbocycles. The van der Waals surface area contributed by atoms with Crippen molar-refractivity contribution in [2.45, 2.75) is 362 Å². The van der Waals surface area contributed by atoms with Crippen LogP contribution in [0.15, 0.2) is 48.6 Å². The second-order valence-corrected chi connectivity index (χ2v) is 25.3. The third kappa shape index (κ3) is 34.1. The molecule has 0 saturated carbocycles. The highest BCUT2D eigenvalue weighted by Crippen LogP contribution is 2.33. The molecule has 3 aliphatic heterocycles. The topological polar surface area (TPSA) is 307 Å². The zero-order chi connectivity index (χ0) is 64.7. The van der Waals surface area contributed by atoms with Crippen LogP contribution in [0.2, 0.25) is 0 Å². The molecular formula is C70H127NO18. The molecule has 3 aliphatic rings. The van der Waals surface area contributed by atoms with Crippen LogP contribution in [0.5, 0.6) is 0 Å². The maximum atomic E-state index is 13.4. The van der Waals surface area contributed by atoms with E-state index in [9.17, 15) is 61.0 Å². The van der Waals surface area contributed by atoms with Gasteiger partial charge in [-0.2, -0.15) is 0 Å². The smallest absolute Gasteiger partial charge is 0.220 e. The van der Waals surface area contributed by atoms with Crippen molar-refractivity contribution in [1.82, 2.24) is 5.32 Å². The van der Waals surface area contributed by atoms with E-state index in [0.29, 0.717) is 12.8 Å². The van der Waals surface area contributed by atoms with Gasteiger partial charge < -0.3 is 89.9 Å². The van der Waals surface area contributed by atoms with Crippen LogP contribution in [0, 0.1) is 0 Å². The third-order valence-corrected chi connectivity index (χ3v) is 17.6. The summed E-state index contributed by atoms with van der Waals surface area (Å²) in [4.78, 5) is 13.4. The summed E-state index contributed by atoms with van der Waals surface area (Å²) in [5.74, 6) is -0.293. The highest BCUT2D eigenvalue weighted by Gasteiger charge is 2.53. The number of rotatable bonds is 54. The van der Waals surface area contributed by atoms with E-state index in [1.807, 2.05) is 6.08 Å². The van der Waals surface area contributed by atoms with Gasteiger partial charge in [0.05, 0.1) is 38.6 Å². The molecule has 3 saturated heterocycles. The molecule has 17 unspecified atom stereocenters. The van der Waals surface area contributed by atoms with Crippen LogP contribution in [-0.2, 0) is 33.2 Å². The van der Waals surface area contributed by atoms with Crippen molar-refractivity contribution in [3.63, 3.8) is 0 Å². The number of hydrogen-bond acceptors (Lipinski definition) is 18. The molecule has 17 atom stereocenters. The van der Waals surface area contributed by atoms with Gasteiger partial charge in [-0.15, -0.1) is 0 Å². The van der Waals surface area contributed by atoms with Crippen LogP contribution in [0.1, 0.15) is 258 Å². The predicted octanol–water partition coefficient (Wildman–Crippen LogP) is 9.39. The standard InChI is InChI=1S/C70H127NO18/c1-3-5-7-9-11-13-15-17-19-21-23-24-25-26-27-28-29-30-31-33-35-37-39-41-43-45-47-54(75)53(71-58(76)48-46-44-42-40-38-36-34-32-22-20-18-16-14-12-10-8-6-4-2)52-84-68-64(82)61(79)66(56(50-73)86-68)89-70-65(83)62(80)67(57(51-74)87-70)88-69-63(81)60(78)59(77)55(49-72)85-69/h20,22,30-31,37,39,45,47,53-57,59-70,72-75,77-83H,3-19,21,23-29,32-36,38,40-44,46,48-52H2,1-2H3,(H,71,76)/b22-20-,31-30+,39-37+,47-45+. The molecule has 19 nitrogen and oxygen atoms in total. The molecule has 89 heavy (non-hydrogen) atoms. The third-order valence-electron chi connectivity index (χ3n) is 17.6. The van der Waals surface area contributed by atoms with Crippen molar-refractivity contribution in [2.75, 3.05) is 26.4 Å². The monoisotopic (exact) mass is 1270 g/mol. The van der Waals surface area contributed by atoms with Crippen molar-refractivity contribution < 1.29 is 89.4 Å². The van der Waals surface area contributed by atoms with Gasteiger partial charge in [0, 0.05) is 6.42 Å². The number of carbonyl (C=O) groups excluding carboxylic acids is 1. The van der Waals surface area contributed by atoms with Crippen LogP contribution >= 0.6 is 0 Å². The summed E-state index contributed by atoms with van der Waals surface area (Å²) >= 11 is 0. The first-order chi connectivity index (χ1) is 43.3. The fraction of sp³-hybridized carbons (Fsp3) is 0.871. The molecule has 520 valence electrons. The summed E-state index contributed by atoms with van der Waals surface area (Å²) in [6.45, 7) is 1.72. The second kappa shape index (κ2) is 52.1. The summed E-state index contributed by atoms with van der Waals surface area (Å²) in [5, 5.41) is 120. The minimum atomic E-state index is -1.98. The SMILES string of the molecule is CCCCCCCCC/C=C\CCCCCCCCCC(=O)NC(COC1OC(CO)C(OC2OC(CO)C(OC3OC(CO)C(O)C(O)C3O)C(O)C2O)C(O)C1O)C(O)/C=C/CC/C=C/CC/C=C/CCCCCCCCCCCCCCCCCC. The summed E-state index contributed by atoms with van der Waals surface area (Å²) in [7, 11) is 0. The van der Waals surface area contributed by atoms with Gasteiger partial charge in [0.2, 0.25) is 5.91 Å². The lowest BCUT2D eigenvalue weighted by atomic mass is 9.96. The Morgan fingerprint density at radius 3 is 1.12 bits per heavy atom. The molecule has 0 aromatic heterocycles. The van der Waals surface area contributed by atoms with E-state index in [0.717, 1.165) is 57.8 Å². The zero-order valence-electron chi connectivity index (χ0n) is 54.9. The minimum absolute atomic E-state index is 0.227. The van der Waals surface area contributed by atoms with Crippen molar-refractivity contribution in [1.29, 1.82) is 0 Å². The zero-order valence-corrected chi connectivity index (χ0v) is 54.9. The van der Waals surface area contributed by atoms with E-state index in [1.54, 1.807) is 6.08 Å². The number of ether oxygens (including phenoxy) is 6. The number of unbranched alkanes of at least 4 members (excludes halogenated alkanes) is 32. The van der Waals surface area contributed by atoms with Gasteiger partial charge in [0.25, 0.3) is 0 Å². The highest BCUT2D eigenvalue weighted by atomic mass is 16.8. The largest absolute Gasteiger partial charge is 0.394 e. The summed E-state index contributed by atoms with van der Waals surface area (Å²) in [6, 6.07) is -1.000. The van der Waals surface area contributed by atoms with Crippen LogP contribution < -0.4 is 5.32 Å². The fourth-order valence-electron chi connectivity index (χ4n) is 11.8. The van der Waals surface area contributed by atoms with E-state index >= 15 is 0 Å². The second-order valence-electron chi connectivity index (χ2n) is 25.3. The number of nitrogens with one attached hydrogen (secondary N) is 1. The Kier molecular flexibility index (Phi) is 47.4. The maximum Gasteiger partial charge on any atom is 0.220 e. The van der Waals surface area contributed by atoms with Gasteiger partial charge in [-0.25, -0.2) is 0 Å². The molecule has 0 aromatic rings. The molecule has 19 heteroatoms. The average Bonchev–Trinajstić information content (AvgIpc) is 2.47. The lowest BCUT2D eigenvalue weighted by Crippen LogP contribution is -2.66. The molecule has 12 N–H and O–H groups in total. The summed E-state index contributed by atoms with van der Waals surface area (Å²) < 4.78 is 34.3. The molecular weight excluding hydrogens is 1140 g/mol. The van der Waals surface area contributed by atoms with Gasteiger partial charge in [-0.05, 0) is 70.6 Å². The van der Waals surface area contributed by atoms with Crippen molar-refractivity contribution in [3.8, 4) is 0 Å². The van der Waals surface area contributed by atoms with E-state index in [1.165, 1.54) is 167 Å². The Morgan fingerprint density at radius 2 is 0.719 bits per heavy atom. The van der Waals surface area contributed by atoms with Crippen LogP contribution in [0.4, 0.5) is 0 Å². The molecule has 1 amide bonds. The molecule has 3 fully saturated rings. The highest BCUT2D eigenvalue weighted by molar-refractivity contribution is 5.76. The first kappa shape index (κ1) is 81.0. The van der Waals surface area contributed by atoms with E-state index in [-0.39, 0.29) is 18.9 Å². The molecule has 0 radical (unpaired) electrons. The van der Waals surface area contributed by atoms with E-state index in [2.05, 4.69) is 55.6 Å². The van der Waals surface area contributed by atoms with Gasteiger partial charge in [-0.1, -0.05) is 229 Å². The Hall–Kier alpha value is -2.25. The van der Waals surface area contributed by atoms with Crippen LogP contribution in [0.3, 0.4) is 0 Å². The van der Waals surface area contributed by atoms with Crippen LogP contribution in [0.25, 0.3) is 0 Å². The summed E-state index contributed by atoms with van der Waals surface area (Å²) in [5.41, 5.74) is 0. The van der Waals surface area contributed by atoms with Gasteiger partial charge >= 0.3 is 0 Å². The Labute approximate surface area is 535 Å². The Morgan fingerprint density at radius 1 is 0.393 bits per heavy atom. The number of aliphatic hydroxyl groups is 11. The fourth-order valence-corrected chi connectivity index (χ4v) is 11.8. The quantitative estimate of drug-likeness (QED) is 0.0199. The number of aliphatic hydroxyl groups excluding tert-OH is 11. The van der Waals surface area contributed by atoms with Gasteiger partial charge in [0.15, 0.2) is 18.9 Å². The van der Waals surface area contributed by atoms with Crippen molar-refractivity contribution in [2.24, 2.45) is 0 Å². The first-order valence-electron chi connectivity index (χ1n) is 35.4. The van der Waals surface area contributed by atoms with Crippen molar-refractivity contribution >= 4 is 5.91 Å². The number of hydrogen-bond donors (Lipinski definition) is 12.